The van der Waals surface area contributed by atoms with Crippen molar-refractivity contribution in [1.29, 1.82) is 5.26 Å². The van der Waals surface area contributed by atoms with Gasteiger partial charge in [-0.25, -0.2) is 4.79 Å². The fourth-order valence-corrected chi connectivity index (χ4v) is 4.22. The number of carbonyl (C=O) groups excluding carboxylic acids is 1. The number of aliphatic hydroxyl groups is 1. The molecule has 0 spiro atoms. The molecule has 2 saturated heterocycles. The van der Waals surface area contributed by atoms with Crippen LogP contribution in [-0.2, 0) is 0 Å². The van der Waals surface area contributed by atoms with Crippen LogP contribution in [0.15, 0.2) is 24.3 Å². The number of nitriles is 1. The number of fused-ring (bicyclic) bond motifs is 2. The first-order chi connectivity index (χ1) is 13.6. The largest absolute Gasteiger partial charge is 0.491 e. The van der Waals surface area contributed by atoms with Gasteiger partial charge in [0, 0.05) is 39.3 Å². The van der Waals surface area contributed by atoms with E-state index in [1.54, 1.807) is 24.3 Å². The standard InChI is InChI=1S/C21H30N4O3/c1-2-7-23-21(27)25-12-17-8-18(13-25)11-24(10-17)14-19(26)15-28-20-5-3-16(9-22)4-6-20/h3-6,17-19,26H,2,7-8,10-15H2,1H3,(H,23,27)/t17?,18?,19-/m0/s1. The van der Waals surface area contributed by atoms with Gasteiger partial charge in [0.25, 0.3) is 0 Å². The second-order valence-electron chi connectivity index (χ2n) is 7.92. The zero-order valence-corrected chi connectivity index (χ0v) is 16.5. The molecule has 7 heteroatoms. The molecule has 3 rings (SSSR count). The van der Waals surface area contributed by atoms with E-state index in [0.717, 1.165) is 45.6 Å². The molecular weight excluding hydrogens is 356 g/mol. The van der Waals surface area contributed by atoms with Crippen molar-refractivity contribution in [3.63, 3.8) is 0 Å². The first-order valence-electron chi connectivity index (χ1n) is 10.1. The molecule has 7 nitrogen and oxygen atoms in total. The van der Waals surface area contributed by atoms with Crippen molar-refractivity contribution in [3.8, 4) is 11.8 Å². The number of amides is 2. The molecule has 2 fully saturated rings. The van der Waals surface area contributed by atoms with E-state index in [1.807, 2.05) is 4.90 Å². The number of hydrogen-bond acceptors (Lipinski definition) is 5. The van der Waals surface area contributed by atoms with Crippen molar-refractivity contribution < 1.29 is 14.6 Å². The fraction of sp³-hybridized carbons (Fsp3) is 0.619. The van der Waals surface area contributed by atoms with E-state index in [0.29, 0.717) is 29.7 Å². The first-order valence-corrected chi connectivity index (χ1v) is 10.1. The summed E-state index contributed by atoms with van der Waals surface area (Å²) >= 11 is 0. The molecule has 2 aliphatic heterocycles. The normalized spacial score (nSPS) is 23.0. The van der Waals surface area contributed by atoms with Crippen LogP contribution in [0.2, 0.25) is 0 Å². The molecule has 1 aromatic carbocycles. The minimum absolute atomic E-state index is 0.0563. The Hall–Kier alpha value is -2.30. The van der Waals surface area contributed by atoms with Gasteiger partial charge < -0.3 is 20.1 Å². The Kier molecular flexibility index (Phi) is 7.12. The van der Waals surface area contributed by atoms with Gasteiger partial charge in [-0.15, -0.1) is 0 Å². The van der Waals surface area contributed by atoms with E-state index in [2.05, 4.69) is 23.2 Å². The van der Waals surface area contributed by atoms with Crippen LogP contribution < -0.4 is 10.1 Å². The number of β-amino-alcohol motifs (C(OH)–C–C–N with tert-alkyl or cyclic N) is 1. The van der Waals surface area contributed by atoms with E-state index >= 15 is 0 Å². The maximum absolute atomic E-state index is 12.2. The lowest BCUT2D eigenvalue weighted by molar-refractivity contribution is 0.00921. The number of piperidine rings is 2. The highest BCUT2D eigenvalue weighted by atomic mass is 16.5. The minimum atomic E-state index is -0.571. The lowest BCUT2D eigenvalue weighted by Crippen LogP contribution is -2.57. The summed E-state index contributed by atoms with van der Waals surface area (Å²) in [5, 5.41) is 22.2. The smallest absolute Gasteiger partial charge is 0.317 e. The number of likely N-dealkylation sites (tertiary alicyclic amines) is 2. The number of rotatable bonds is 7. The van der Waals surface area contributed by atoms with Crippen LogP contribution in [0.5, 0.6) is 5.75 Å². The van der Waals surface area contributed by atoms with Gasteiger partial charge in [0.05, 0.1) is 11.6 Å². The van der Waals surface area contributed by atoms with Gasteiger partial charge >= 0.3 is 6.03 Å². The summed E-state index contributed by atoms with van der Waals surface area (Å²) in [5.74, 6) is 1.58. The molecule has 0 aromatic heterocycles. The zero-order chi connectivity index (χ0) is 19.9. The van der Waals surface area contributed by atoms with Crippen molar-refractivity contribution in [2.45, 2.75) is 25.9 Å². The van der Waals surface area contributed by atoms with Crippen LogP contribution in [0.25, 0.3) is 0 Å². The third kappa shape index (κ3) is 5.60. The highest BCUT2D eigenvalue weighted by Crippen LogP contribution is 2.28. The van der Waals surface area contributed by atoms with Crippen molar-refractivity contribution >= 4 is 6.03 Å². The quantitative estimate of drug-likeness (QED) is 0.744. The number of urea groups is 1. The maximum Gasteiger partial charge on any atom is 0.317 e. The van der Waals surface area contributed by atoms with Gasteiger partial charge in [-0.3, -0.25) is 4.90 Å². The lowest BCUT2D eigenvalue weighted by Gasteiger charge is -2.46. The summed E-state index contributed by atoms with van der Waals surface area (Å²) in [6.07, 6.45) is 1.53. The summed E-state index contributed by atoms with van der Waals surface area (Å²) in [6, 6.07) is 9.03. The molecule has 0 saturated carbocycles. The SMILES string of the molecule is CCCNC(=O)N1CC2CC(CN(C[C@H](O)COc3ccc(C#N)cc3)C2)C1. The number of carbonyl (C=O) groups is 1. The topological polar surface area (TPSA) is 88.8 Å². The van der Waals surface area contributed by atoms with Crippen LogP contribution in [0.4, 0.5) is 4.79 Å². The highest BCUT2D eigenvalue weighted by molar-refractivity contribution is 5.74. The number of aliphatic hydroxyl groups excluding tert-OH is 1. The number of ether oxygens (including phenoxy) is 1. The van der Waals surface area contributed by atoms with Crippen LogP contribution in [0.3, 0.4) is 0 Å². The molecule has 2 unspecified atom stereocenters. The molecule has 1 aromatic rings. The van der Waals surface area contributed by atoms with Gasteiger partial charge in [0.15, 0.2) is 0 Å². The van der Waals surface area contributed by atoms with E-state index in [9.17, 15) is 9.90 Å². The van der Waals surface area contributed by atoms with E-state index in [4.69, 9.17) is 10.00 Å². The Balaban J connectivity index is 1.42. The van der Waals surface area contributed by atoms with Crippen LogP contribution in [0.1, 0.15) is 25.3 Å². The molecule has 2 amide bonds. The number of hydrogen-bond donors (Lipinski definition) is 2. The average Bonchev–Trinajstić information content (AvgIpc) is 2.70. The van der Waals surface area contributed by atoms with Crippen molar-refractivity contribution in [3.05, 3.63) is 29.8 Å². The molecule has 2 bridgehead atoms. The summed E-state index contributed by atoms with van der Waals surface area (Å²) in [4.78, 5) is 16.5. The van der Waals surface area contributed by atoms with Gasteiger partial charge in [-0.05, 0) is 48.9 Å². The molecule has 0 radical (unpaired) electrons. The maximum atomic E-state index is 12.2. The fourth-order valence-electron chi connectivity index (χ4n) is 4.22. The first kappa shape index (κ1) is 20.4. The minimum Gasteiger partial charge on any atom is -0.491 e. The van der Waals surface area contributed by atoms with Crippen LogP contribution in [-0.4, -0.2) is 72.9 Å². The predicted octanol–water partition coefficient (Wildman–Crippen LogP) is 1.67. The zero-order valence-electron chi connectivity index (χ0n) is 16.5. The molecule has 152 valence electrons. The highest BCUT2D eigenvalue weighted by Gasteiger charge is 2.36. The van der Waals surface area contributed by atoms with Gasteiger partial charge in [0.1, 0.15) is 18.5 Å². The van der Waals surface area contributed by atoms with Gasteiger partial charge in [-0.1, -0.05) is 6.92 Å². The molecule has 2 N–H and O–H groups in total. The third-order valence-electron chi connectivity index (χ3n) is 5.36. The molecule has 0 aliphatic carbocycles. The molecule has 3 atom stereocenters. The molecule has 2 aliphatic rings. The number of nitrogens with zero attached hydrogens (tertiary/aromatic N) is 3. The Bertz CT molecular complexity index is 674. The van der Waals surface area contributed by atoms with Crippen molar-refractivity contribution in [2.24, 2.45) is 11.8 Å². The number of benzene rings is 1. The van der Waals surface area contributed by atoms with Crippen molar-refractivity contribution in [1.82, 2.24) is 15.1 Å². The summed E-state index contributed by atoms with van der Waals surface area (Å²) < 4.78 is 5.64. The Morgan fingerprint density at radius 3 is 2.57 bits per heavy atom. The Morgan fingerprint density at radius 1 is 1.29 bits per heavy atom. The Morgan fingerprint density at radius 2 is 1.96 bits per heavy atom. The summed E-state index contributed by atoms with van der Waals surface area (Å²) in [6.45, 7) is 6.97. The average molecular weight is 386 g/mol. The van der Waals surface area contributed by atoms with E-state index < -0.39 is 6.10 Å². The summed E-state index contributed by atoms with van der Waals surface area (Å²) in [5.41, 5.74) is 0.588. The number of nitrogens with one attached hydrogen (secondary N) is 1. The summed E-state index contributed by atoms with van der Waals surface area (Å²) in [7, 11) is 0. The third-order valence-corrected chi connectivity index (χ3v) is 5.36. The second-order valence-corrected chi connectivity index (χ2v) is 7.92. The lowest BCUT2D eigenvalue weighted by atomic mass is 9.84. The molecule has 28 heavy (non-hydrogen) atoms. The molecular formula is C21H30N4O3. The van der Waals surface area contributed by atoms with Gasteiger partial charge in [-0.2, -0.15) is 5.26 Å². The predicted molar refractivity (Wildman–Crippen MR) is 106 cm³/mol. The molecule has 2 heterocycles. The van der Waals surface area contributed by atoms with Crippen molar-refractivity contribution in [2.75, 3.05) is 45.9 Å². The van der Waals surface area contributed by atoms with E-state index in [-0.39, 0.29) is 12.6 Å². The van der Waals surface area contributed by atoms with E-state index in [1.165, 1.54) is 0 Å². The monoisotopic (exact) mass is 386 g/mol. The van der Waals surface area contributed by atoms with Crippen LogP contribution >= 0.6 is 0 Å². The second kappa shape index (κ2) is 9.76. The van der Waals surface area contributed by atoms with Crippen LogP contribution in [0, 0.1) is 23.2 Å². The van der Waals surface area contributed by atoms with Gasteiger partial charge in [0.2, 0.25) is 0 Å². The Labute approximate surface area is 166 Å².